The molecular formula is C17H29N3. The average Bonchev–Trinajstić information content (AvgIpc) is 2.42. The second kappa shape index (κ2) is 6.70. The van der Waals surface area contributed by atoms with Crippen LogP contribution in [0.15, 0.2) is 18.2 Å². The largest absolute Gasteiger partial charge is 0.329 e. The molecule has 2 rings (SSSR count). The van der Waals surface area contributed by atoms with Gasteiger partial charge in [0, 0.05) is 44.8 Å². The van der Waals surface area contributed by atoms with Crippen molar-refractivity contribution in [2.24, 2.45) is 5.73 Å². The first-order valence-corrected chi connectivity index (χ1v) is 7.78. The molecule has 0 bridgehead atoms. The highest BCUT2D eigenvalue weighted by Crippen LogP contribution is 2.25. The van der Waals surface area contributed by atoms with E-state index in [-0.39, 0.29) is 0 Å². The maximum Gasteiger partial charge on any atom is 0.0474 e. The zero-order chi connectivity index (χ0) is 14.7. The molecule has 1 aliphatic heterocycles. The highest BCUT2D eigenvalue weighted by atomic mass is 15.3. The summed E-state index contributed by atoms with van der Waals surface area (Å²) in [5.74, 6) is 0. The second-order valence-electron chi connectivity index (χ2n) is 6.28. The Bertz CT molecular complexity index is 434. The lowest BCUT2D eigenvalue weighted by Crippen LogP contribution is -2.51. The quantitative estimate of drug-likeness (QED) is 0.915. The normalized spacial score (nSPS) is 19.5. The molecular weight excluding hydrogens is 246 g/mol. The van der Waals surface area contributed by atoms with Crippen LogP contribution in [0.2, 0.25) is 0 Å². The molecule has 2 N–H and O–H groups in total. The number of nitrogens with zero attached hydrogens (tertiary/aromatic N) is 2. The van der Waals surface area contributed by atoms with Crippen molar-refractivity contribution >= 4 is 0 Å². The SMILES string of the molecule is Cc1ccc(C(CN)N2CCN(C(C)C)CC2)c(C)c1. The van der Waals surface area contributed by atoms with Gasteiger partial charge in [-0.15, -0.1) is 0 Å². The van der Waals surface area contributed by atoms with Crippen LogP contribution in [0.25, 0.3) is 0 Å². The number of aryl methyl sites for hydroxylation is 2. The third-order valence-corrected chi connectivity index (χ3v) is 4.53. The van der Waals surface area contributed by atoms with Gasteiger partial charge in [-0.1, -0.05) is 23.8 Å². The van der Waals surface area contributed by atoms with Crippen molar-refractivity contribution in [1.29, 1.82) is 0 Å². The Morgan fingerprint density at radius 3 is 2.15 bits per heavy atom. The maximum atomic E-state index is 6.08. The van der Waals surface area contributed by atoms with Crippen LogP contribution < -0.4 is 5.73 Å². The van der Waals surface area contributed by atoms with E-state index in [1.54, 1.807) is 0 Å². The summed E-state index contributed by atoms with van der Waals surface area (Å²) in [6, 6.07) is 7.74. The molecule has 1 unspecified atom stereocenters. The third kappa shape index (κ3) is 3.40. The molecule has 1 aromatic carbocycles. The fourth-order valence-electron chi connectivity index (χ4n) is 3.24. The Hall–Kier alpha value is -0.900. The van der Waals surface area contributed by atoms with E-state index in [9.17, 15) is 0 Å². The molecule has 0 radical (unpaired) electrons. The minimum absolute atomic E-state index is 0.366. The van der Waals surface area contributed by atoms with Gasteiger partial charge in [-0.05, 0) is 38.8 Å². The topological polar surface area (TPSA) is 32.5 Å². The minimum atomic E-state index is 0.366. The van der Waals surface area contributed by atoms with E-state index in [0.717, 1.165) is 26.2 Å². The van der Waals surface area contributed by atoms with E-state index in [2.05, 4.69) is 55.7 Å². The Labute approximate surface area is 123 Å². The zero-order valence-electron chi connectivity index (χ0n) is 13.4. The Morgan fingerprint density at radius 1 is 1.05 bits per heavy atom. The van der Waals surface area contributed by atoms with E-state index in [1.807, 2.05) is 0 Å². The van der Waals surface area contributed by atoms with Crippen molar-refractivity contribution in [3.05, 3.63) is 34.9 Å². The molecule has 0 aliphatic carbocycles. The molecule has 1 aliphatic rings. The summed E-state index contributed by atoms with van der Waals surface area (Å²) in [6.07, 6.45) is 0. The number of nitrogens with two attached hydrogens (primary N) is 1. The average molecular weight is 275 g/mol. The maximum absolute atomic E-state index is 6.08. The van der Waals surface area contributed by atoms with Crippen LogP contribution in [0.4, 0.5) is 0 Å². The first-order chi connectivity index (χ1) is 9.52. The highest BCUT2D eigenvalue weighted by molar-refractivity contribution is 5.33. The van der Waals surface area contributed by atoms with Gasteiger partial charge in [-0.3, -0.25) is 9.80 Å². The molecule has 1 aromatic rings. The smallest absolute Gasteiger partial charge is 0.0474 e. The summed E-state index contributed by atoms with van der Waals surface area (Å²) >= 11 is 0. The van der Waals surface area contributed by atoms with Crippen LogP contribution in [0.5, 0.6) is 0 Å². The molecule has 1 heterocycles. The number of benzene rings is 1. The molecule has 3 heteroatoms. The van der Waals surface area contributed by atoms with Crippen molar-refractivity contribution in [2.75, 3.05) is 32.7 Å². The molecule has 0 spiro atoms. The van der Waals surface area contributed by atoms with E-state index in [1.165, 1.54) is 16.7 Å². The first kappa shape index (κ1) is 15.5. The van der Waals surface area contributed by atoms with Gasteiger partial charge in [0.25, 0.3) is 0 Å². The summed E-state index contributed by atoms with van der Waals surface area (Å²) in [4.78, 5) is 5.10. The van der Waals surface area contributed by atoms with Crippen LogP contribution >= 0.6 is 0 Å². The van der Waals surface area contributed by atoms with Gasteiger partial charge in [0.15, 0.2) is 0 Å². The molecule has 20 heavy (non-hydrogen) atoms. The predicted molar refractivity (Wildman–Crippen MR) is 86.0 cm³/mol. The van der Waals surface area contributed by atoms with Crippen molar-refractivity contribution < 1.29 is 0 Å². The summed E-state index contributed by atoms with van der Waals surface area (Å²) in [6.45, 7) is 14.1. The third-order valence-electron chi connectivity index (χ3n) is 4.53. The Balaban J connectivity index is 2.09. The number of piperazine rings is 1. The zero-order valence-corrected chi connectivity index (χ0v) is 13.4. The van der Waals surface area contributed by atoms with Crippen molar-refractivity contribution in [2.45, 2.75) is 39.8 Å². The van der Waals surface area contributed by atoms with E-state index >= 15 is 0 Å². The molecule has 0 amide bonds. The van der Waals surface area contributed by atoms with Gasteiger partial charge in [0.2, 0.25) is 0 Å². The molecule has 0 saturated carbocycles. The second-order valence-corrected chi connectivity index (χ2v) is 6.28. The van der Waals surface area contributed by atoms with Crippen molar-refractivity contribution in [3.8, 4) is 0 Å². The van der Waals surface area contributed by atoms with Crippen LogP contribution in [0, 0.1) is 13.8 Å². The molecule has 1 fully saturated rings. The Morgan fingerprint density at radius 2 is 1.65 bits per heavy atom. The van der Waals surface area contributed by atoms with Gasteiger partial charge in [0.05, 0.1) is 0 Å². The number of hydrogen-bond donors (Lipinski definition) is 1. The standard InChI is InChI=1S/C17H29N3/c1-13(2)19-7-9-20(10-8-19)17(12-18)16-6-5-14(3)11-15(16)4/h5-6,11,13,17H,7-10,12,18H2,1-4H3. The van der Waals surface area contributed by atoms with Crippen LogP contribution in [0.1, 0.15) is 36.6 Å². The van der Waals surface area contributed by atoms with Gasteiger partial charge < -0.3 is 5.73 Å². The summed E-state index contributed by atoms with van der Waals surface area (Å²) in [7, 11) is 0. The molecule has 3 nitrogen and oxygen atoms in total. The van der Waals surface area contributed by atoms with Gasteiger partial charge in [-0.25, -0.2) is 0 Å². The summed E-state index contributed by atoms with van der Waals surface area (Å²) in [5, 5.41) is 0. The minimum Gasteiger partial charge on any atom is -0.329 e. The summed E-state index contributed by atoms with van der Waals surface area (Å²) < 4.78 is 0. The van der Waals surface area contributed by atoms with Gasteiger partial charge in [0.1, 0.15) is 0 Å². The van der Waals surface area contributed by atoms with Crippen LogP contribution in [-0.4, -0.2) is 48.6 Å². The lowest BCUT2D eigenvalue weighted by atomic mass is 9.97. The fraction of sp³-hybridized carbons (Fsp3) is 0.647. The van der Waals surface area contributed by atoms with Crippen LogP contribution in [-0.2, 0) is 0 Å². The molecule has 1 atom stereocenters. The number of hydrogen-bond acceptors (Lipinski definition) is 3. The van der Waals surface area contributed by atoms with Crippen LogP contribution in [0.3, 0.4) is 0 Å². The van der Waals surface area contributed by atoms with Gasteiger partial charge in [-0.2, -0.15) is 0 Å². The molecule has 1 saturated heterocycles. The fourth-order valence-corrected chi connectivity index (χ4v) is 3.24. The predicted octanol–water partition coefficient (Wildman–Crippen LogP) is 2.33. The lowest BCUT2D eigenvalue weighted by molar-refractivity contribution is 0.0800. The Kier molecular flexibility index (Phi) is 5.19. The molecule has 0 aromatic heterocycles. The van der Waals surface area contributed by atoms with Gasteiger partial charge >= 0.3 is 0 Å². The number of rotatable bonds is 4. The lowest BCUT2D eigenvalue weighted by Gasteiger charge is -2.41. The summed E-state index contributed by atoms with van der Waals surface area (Å²) in [5.41, 5.74) is 10.2. The van der Waals surface area contributed by atoms with Crippen molar-refractivity contribution in [3.63, 3.8) is 0 Å². The van der Waals surface area contributed by atoms with E-state index in [0.29, 0.717) is 18.6 Å². The monoisotopic (exact) mass is 275 g/mol. The molecule has 112 valence electrons. The van der Waals surface area contributed by atoms with E-state index < -0.39 is 0 Å². The highest BCUT2D eigenvalue weighted by Gasteiger charge is 2.25. The first-order valence-electron chi connectivity index (χ1n) is 7.78. The van der Waals surface area contributed by atoms with E-state index in [4.69, 9.17) is 5.73 Å². The van der Waals surface area contributed by atoms with Crippen molar-refractivity contribution in [1.82, 2.24) is 9.80 Å².